The number of hydrogen-bond acceptors (Lipinski definition) is 5. The van der Waals surface area contributed by atoms with Gasteiger partial charge in [0, 0.05) is 14.0 Å². The molecule has 2 aromatic rings. The van der Waals surface area contributed by atoms with Crippen LogP contribution in [0.15, 0.2) is 16.9 Å². The van der Waals surface area contributed by atoms with Crippen LogP contribution in [0, 0.1) is 18.3 Å². The van der Waals surface area contributed by atoms with E-state index in [1.807, 2.05) is 39.0 Å². The summed E-state index contributed by atoms with van der Waals surface area (Å²) in [7, 11) is 1.48. The van der Waals surface area contributed by atoms with E-state index >= 15 is 0 Å². The molecule has 0 radical (unpaired) electrons. The van der Waals surface area contributed by atoms with Gasteiger partial charge in [-0.3, -0.25) is 9.59 Å². The summed E-state index contributed by atoms with van der Waals surface area (Å²) >= 11 is 0. The second kappa shape index (κ2) is 7.31. The molecule has 0 aliphatic rings. The molecule has 0 spiro atoms. The zero-order chi connectivity index (χ0) is 18.7. The van der Waals surface area contributed by atoms with Crippen LogP contribution in [0.5, 0.6) is 5.75 Å². The van der Waals surface area contributed by atoms with Gasteiger partial charge in [-0.2, -0.15) is 10.4 Å². The van der Waals surface area contributed by atoms with Gasteiger partial charge in [0.15, 0.2) is 5.75 Å². The highest BCUT2D eigenvalue weighted by atomic mass is 16.5. The van der Waals surface area contributed by atoms with E-state index < -0.39 is 11.5 Å². The second-order valence-corrected chi connectivity index (χ2v) is 5.85. The van der Waals surface area contributed by atoms with Crippen molar-refractivity contribution in [3.63, 3.8) is 0 Å². The summed E-state index contributed by atoms with van der Waals surface area (Å²) in [5.74, 6) is -0.664. The van der Waals surface area contributed by atoms with E-state index in [9.17, 15) is 14.9 Å². The van der Waals surface area contributed by atoms with Crippen molar-refractivity contribution >= 4 is 5.97 Å². The van der Waals surface area contributed by atoms with Crippen LogP contribution in [0.3, 0.4) is 0 Å². The Kier molecular flexibility index (Phi) is 5.38. The first-order valence-corrected chi connectivity index (χ1v) is 8.16. The van der Waals surface area contributed by atoms with Gasteiger partial charge in [-0.1, -0.05) is 31.5 Å². The number of rotatable bonds is 4. The number of aromatic nitrogens is 2. The lowest BCUT2D eigenvalue weighted by Crippen LogP contribution is -2.25. The predicted molar refractivity (Wildman–Crippen MR) is 94.4 cm³/mol. The van der Waals surface area contributed by atoms with Crippen LogP contribution >= 0.6 is 0 Å². The van der Waals surface area contributed by atoms with E-state index in [0.717, 1.165) is 26.9 Å². The molecule has 0 unspecified atom stereocenters. The lowest BCUT2D eigenvalue weighted by Gasteiger charge is -2.18. The average Bonchev–Trinajstić information content (AvgIpc) is 2.57. The minimum absolute atomic E-state index is 0.0636. The first-order chi connectivity index (χ1) is 11.8. The molecule has 1 heterocycles. The topological polar surface area (TPSA) is 85.0 Å². The summed E-state index contributed by atoms with van der Waals surface area (Å²) in [5, 5.41) is 13.3. The number of carbonyl (C=O) groups is 1. The van der Waals surface area contributed by atoms with E-state index in [-0.39, 0.29) is 17.0 Å². The second-order valence-electron chi connectivity index (χ2n) is 5.85. The third-order valence-corrected chi connectivity index (χ3v) is 4.01. The number of nitrogens with zero attached hydrogens (tertiary/aromatic N) is 3. The molecule has 0 atom stereocenters. The van der Waals surface area contributed by atoms with Crippen molar-refractivity contribution < 1.29 is 9.53 Å². The third kappa shape index (κ3) is 3.45. The van der Waals surface area contributed by atoms with Crippen molar-refractivity contribution in [3.05, 3.63) is 44.9 Å². The number of ether oxygens (including phenoxy) is 1. The van der Waals surface area contributed by atoms with Crippen LogP contribution in [0.4, 0.5) is 0 Å². The fourth-order valence-electron chi connectivity index (χ4n) is 2.98. The Hall–Kier alpha value is -2.94. The molecule has 0 saturated carbocycles. The SMILES string of the molecule is CCc1cc(C)cc(CC)c1-c1c(OC(C)=O)c(C#N)nn(C)c1=O. The molecule has 25 heavy (non-hydrogen) atoms. The molecular weight excluding hydrogens is 318 g/mol. The van der Waals surface area contributed by atoms with E-state index in [1.165, 1.54) is 14.0 Å². The summed E-state index contributed by atoms with van der Waals surface area (Å²) < 4.78 is 6.36. The van der Waals surface area contributed by atoms with Crippen molar-refractivity contribution in [2.24, 2.45) is 7.05 Å². The molecule has 0 amide bonds. The van der Waals surface area contributed by atoms with E-state index in [1.54, 1.807) is 0 Å². The smallest absolute Gasteiger partial charge is 0.308 e. The molecule has 0 aliphatic heterocycles. The molecule has 1 aromatic heterocycles. The Balaban J connectivity index is 3.02. The summed E-state index contributed by atoms with van der Waals surface area (Å²) in [6.45, 7) is 7.24. The zero-order valence-electron chi connectivity index (χ0n) is 15.1. The monoisotopic (exact) mass is 339 g/mol. The molecule has 130 valence electrons. The standard InChI is InChI=1S/C19H21N3O3/c1-6-13-8-11(3)9-14(7-2)16(13)17-18(25-12(4)23)15(10-20)21-22(5)19(17)24/h8-9H,6-7H2,1-5H3. The molecule has 0 aliphatic carbocycles. The quantitative estimate of drug-likeness (QED) is 0.800. The summed E-state index contributed by atoms with van der Waals surface area (Å²) in [5.41, 5.74) is 3.50. The molecule has 2 rings (SSSR count). The Morgan fingerprint density at radius 1 is 1.24 bits per heavy atom. The van der Waals surface area contributed by atoms with Gasteiger partial charge in [0.2, 0.25) is 5.69 Å². The zero-order valence-corrected chi connectivity index (χ0v) is 15.1. The van der Waals surface area contributed by atoms with Crippen LogP contribution in [-0.2, 0) is 24.7 Å². The van der Waals surface area contributed by atoms with E-state index in [0.29, 0.717) is 12.8 Å². The van der Waals surface area contributed by atoms with Gasteiger partial charge in [0.05, 0.1) is 5.56 Å². The van der Waals surface area contributed by atoms with Gasteiger partial charge in [-0.05, 0) is 36.5 Å². The van der Waals surface area contributed by atoms with Gasteiger partial charge >= 0.3 is 5.97 Å². The van der Waals surface area contributed by atoms with Gasteiger partial charge < -0.3 is 4.74 Å². The van der Waals surface area contributed by atoms with Crippen molar-refractivity contribution in [2.45, 2.75) is 40.5 Å². The van der Waals surface area contributed by atoms with Crippen LogP contribution in [-0.4, -0.2) is 15.7 Å². The molecule has 0 fully saturated rings. The fourth-order valence-corrected chi connectivity index (χ4v) is 2.98. The minimum atomic E-state index is -0.601. The van der Waals surface area contributed by atoms with E-state index in [2.05, 4.69) is 5.10 Å². The lowest BCUT2D eigenvalue weighted by atomic mass is 9.90. The number of aryl methyl sites for hydroxylation is 4. The van der Waals surface area contributed by atoms with Gasteiger partial charge in [0.1, 0.15) is 6.07 Å². The van der Waals surface area contributed by atoms with Crippen LogP contribution < -0.4 is 10.3 Å². The van der Waals surface area contributed by atoms with Crippen LogP contribution in [0.25, 0.3) is 11.1 Å². The lowest BCUT2D eigenvalue weighted by molar-refractivity contribution is -0.131. The fraction of sp³-hybridized carbons (Fsp3) is 0.368. The number of benzene rings is 1. The molecule has 0 saturated heterocycles. The van der Waals surface area contributed by atoms with Gasteiger partial charge in [0.25, 0.3) is 5.56 Å². The van der Waals surface area contributed by atoms with Gasteiger partial charge in [-0.15, -0.1) is 0 Å². The highest BCUT2D eigenvalue weighted by Gasteiger charge is 2.24. The summed E-state index contributed by atoms with van der Waals surface area (Å²) in [4.78, 5) is 24.4. The Bertz CT molecular complexity index is 911. The summed E-state index contributed by atoms with van der Waals surface area (Å²) in [6.07, 6.45) is 1.41. The predicted octanol–water partition coefficient (Wildman–Crippen LogP) is 2.68. The van der Waals surface area contributed by atoms with Crippen molar-refractivity contribution in [1.82, 2.24) is 9.78 Å². The Morgan fingerprint density at radius 3 is 2.24 bits per heavy atom. The minimum Gasteiger partial charge on any atom is -0.423 e. The first kappa shape index (κ1) is 18.4. The third-order valence-electron chi connectivity index (χ3n) is 4.01. The maximum absolute atomic E-state index is 12.9. The highest BCUT2D eigenvalue weighted by molar-refractivity contribution is 5.81. The number of nitriles is 1. The first-order valence-electron chi connectivity index (χ1n) is 8.16. The summed E-state index contributed by atoms with van der Waals surface area (Å²) in [6, 6.07) is 5.94. The Labute approximate surface area is 146 Å². The number of esters is 1. The molecule has 0 bridgehead atoms. The van der Waals surface area contributed by atoms with Gasteiger partial charge in [-0.25, -0.2) is 4.68 Å². The molecule has 6 heteroatoms. The molecule has 0 N–H and O–H groups in total. The average molecular weight is 339 g/mol. The maximum Gasteiger partial charge on any atom is 0.308 e. The van der Waals surface area contributed by atoms with E-state index in [4.69, 9.17) is 4.74 Å². The van der Waals surface area contributed by atoms with Crippen LogP contribution in [0.2, 0.25) is 0 Å². The van der Waals surface area contributed by atoms with Crippen LogP contribution in [0.1, 0.15) is 43.2 Å². The number of carbonyl (C=O) groups excluding carboxylic acids is 1. The largest absolute Gasteiger partial charge is 0.423 e. The maximum atomic E-state index is 12.9. The normalized spacial score (nSPS) is 10.4. The highest BCUT2D eigenvalue weighted by Crippen LogP contribution is 2.35. The number of hydrogen-bond donors (Lipinski definition) is 0. The van der Waals surface area contributed by atoms with Crippen molar-refractivity contribution in [1.29, 1.82) is 5.26 Å². The molecular formula is C19H21N3O3. The Morgan fingerprint density at radius 2 is 1.80 bits per heavy atom. The van der Waals surface area contributed by atoms with Crippen molar-refractivity contribution in [3.8, 4) is 22.9 Å². The molecule has 1 aromatic carbocycles. The van der Waals surface area contributed by atoms with Crippen molar-refractivity contribution in [2.75, 3.05) is 0 Å². The molecule has 6 nitrogen and oxygen atoms in total.